The molecule has 0 spiro atoms. The minimum Gasteiger partial charge on any atom is -0.484 e. The molecule has 0 unspecified atom stereocenters. The molecule has 1 aromatic heterocycles. The van der Waals surface area contributed by atoms with Crippen LogP contribution in [-0.4, -0.2) is 12.5 Å². The fraction of sp³-hybridized carbons (Fsp3) is 0.400. The second-order valence-electron chi connectivity index (χ2n) is 6.75. The van der Waals surface area contributed by atoms with E-state index in [0.717, 1.165) is 30.4 Å². The number of anilines is 1. The Morgan fingerprint density at radius 1 is 1.40 bits per heavy atom. The zero-order chi connectivity index (χ0) is 18.0. The third-order valence-corrected chi connectivity index (χ3v) is 5.89. The summed E-state index contributed by atoms with van der Waals surface area (Å²) in [4.78, 5) is 13.5. The number of nitrogens with zero attached hydrogens (tertiary/aromatic N) is 1. The molecule has 0 saturated carbocycles. The van der Waals surface area contributed by atoms with Crippen molar-refractivity contribution in [3.8, 4) is 11.8 Å². The third kappa shape index (κ3) is 3.85. The Labute approximate surface area is 152 Å². The quantitative estimate of drug-likeness (QED) is 0.886. The number of thiophene rings is 1. The van der Waals surface area contributed by atoms with E-state index in [2.05, 4.69) is 18.3 Å². The maximum Gasteiger partial charge on any atom is 0.262 e. The molecule has 0 radical (unpaired) electrons. The molecule has 1 aliphatic rings. The van der Waals surface area contributed by atoms with E-state index in [1.54, 1.807) is 0 Å². The van der Waals surface area contributed by atoms with Crippen LogP contribution in [0.5, 0.6) is 5.75 Å². The van der Waals surface area contributed by atoms with Gasteiger partial charge in [-0.2, -0.15) is 5.26 Å². The Kier molecular flexibility index (Phi) is 5.10. The molecule has 4 nitrogen and oxygen atoms in total. The highest BCUT2D eigenvalue weighted by Crippen LogP contribution is 2.39. The van der Waals surface area contributed by atoms with E-state index in [9.17, 15) is 10.1 Å². The first-order valence-corrected chi connectivity index (χ1v) is 9.34. The number of hydrogen-bond donors (Lipinski definition) is 1. The molecule has 5 heteroatoms. The third-order valence-electron chi connectivity index (χ3n) is 4.72. The monoisotopic (exact) mass is 354 g/mol. The average Bonchev–Trinajstić information content (AvgIpc) is 2.91. The highest BCUT2D eigenvalue weighted by Gasteiger charge is 2.24. The van der Waals surface area contributed by atoms with Gasteiger partial charge in [0, 0.05) is 4.88 Å². The Morgan fingerprint density at radius 2 is 2.20 bits per heavy atom. The first-order chi connectivity index (χ1) is 12.0. The topological polar surface area (TPSA) is 62.1 Å². The van der Waals surface area contributed by atoms with E-state index >= 15 is 0 Å². The van der Waals surface area contributed by atoms with Crippen molar-refractivity contribution >= 4 is 22.2 Å². The number of amides is 1. The standard InChI is InChI=1S/C20H22N2O2S/c1-12-4-7-16-17(10-21)20(25-18(16)8-12)22-19(23)11-24-15-6-5-13(2)14(3)9-15/h5-6,9,12H,4,7-8,11H2,1-3H3,(H,22,23)/t12-/m1/s1. The van der Waals surface area contributed by atoms with Gasteiger partial charge in [0.25, 0.3) is 5.91 Å². The van der Waals surface area contributed by atoms with Crippen LogP contribution in [0.15, 0.2) is 18.2 Å². The van der Waals surface area contributed by atoms with Crippen molar-refractivity contribution < 1.29 is 9.53 Å². The van der Waals surface area contributed by atoms with E-state index in [-0.39, 0.29) is 12.5 Å². The van der Waals surface area contributed by atoms with Crippen LogP contribution in [0.25, 0.3) is 0 Å². The largest absolute Gasteiger partial charge is 0.484 e. The van der Waals surface area contributed by atoms with Gasteiger partial charge in [-0.05, 0) is 67.9 Å². The molecule has 1 atom stereocenters. The Balaban J connectivity index is 1.67. The molecular weight excluding hydrogens is 332 g/mol. The summed E-state index contributed by atoms with van der Waals surface area (Å²) in [6.45, 7) is 6.21. The van der Waals surface area contributed by atoms with Crippen molar-refractivity contribution in [2.75, 3.05) is 11.9 Å². The lowest BCUT2D eigenvalue weighted by atomic mass is 9.89. The van der Waals surface area contributed by atoms with Crippen LogP contribution < -0.4 is 10.1 Å². The minimum absolute atomic E-state index is 0.0632. The molecule has 25 heavy (non-hydrogen) atoms. The molecule has 1 amide bonds. The maximum atomic E-state index is 12.2. The number of aryl methyl sites for hydroxylation is 2. The van der Waals surface area contributed by atoms with E-state index < -0.39 is 0 Å². The average molecular weight is 354 g/mol. The summed E-state index contributed by atoms with van der Waals surface area (Å²) in [7, 11) is 0. The van der Waals surface area contributed by atoms with Gasteiger partial charge in [0.15, 0.2) is 6.61 Å². The molecule has 1 heterocycles. The zero-order valence-electron chi connectivity index (χ0n) is 14.8. The van der Waals surface area contributed by atoms with Gasteiger partial charge in [0.1, 0.15) is 16.8 Å². The van der Waals surface area contributed by atoms with Gasteiger partial charge < -0.3 is 10.1 Å². The molecule has 0 fully saturated rings. The van der Waals surface area contributed by atoms with E-state index in [1.165, 1.54) is 21.8 Å². The van der Waals surface area contributed by atoms with E-state index in [4.69, 9.17) is 4.74 Å². The van der Waals surface area contributed by atoms with Gasteiger partial charge >= 0.3 is 0 Å². The van der Waals surface area contributed by atoms with Gasteiger partial charge in [0.2, 0.25) is 0 Å². The SMILES string of the molecule is Cc1ccc(OCC(=O)Nc2sc3c(c2C#N)CC[C@@H](C)C3)cc1C. The van der Waals surface area contributed by atoms with Crippen molar-refractivity contribution in [2.45, 2.75) is 40.0 Å². The first-order valence-electron chi connectivity index (χ1n) is 8.52. The van der Waals surface area contributed by atoms with Crippen LogP contribution in [0.2, 0.25) is 0 Å². The van der Waals surface area contributed by atoms with Gasteiger partial charge in [-0.3, -0.25) is 4.79 Å². The lowest BCUT2D eigenvalue weighted by Crippen LogP contribution is -2.20. The normalized spacial score (nSPS) is 16.0. The fourth-order valence-corrected chi connectivity index (χ4v) is 4.45. The Bertz CT molecular complexity index is 848. The number of benzene rings is 1. The lowest BCUT2D eigenvalue weighted by Gasteiger charge is -2.17. The molecule has 1 aromatic carbocycles. The highest BCUT2D eigenvalue weighted by molar-refractivity contribution is 7.16. The summed E-state index contributed by atoms with van der Waals surface area (Å²) in [6, 6.07) is 8.03. The summed E-state index contributed by atoms with van der Waals surface area (Å²) in [6.07, 6.45) is 3.01. The highest BCUT2D eigenvalue weighted by atomic mass is 32.1. The number of carbonyl (C=O) groups is 1. The number of carbonyl (C=O) groups excluding carboxylic acids is 1. The van der Waals surface area contributed by atoms with Crippen molar-refractivity contribution in [1.82, 2.24) is 0 Å². The van der Waals surface area contributed by atoms with Crippen molar-refractivity contribution in [2.24, 2.45) is 5.92 Å². The molecule has 2 aromatic rings. The van der Waals surface area contributed by atoms with Crippen LogP contribution in [0.4, 0.5) is 5.00 Å². The fourth-order valence-electron chi connectivity index (χ4n) is 3.07. The minimum atomic E-state index is -0.235. The number of fused-ring (bicyclic) bond motifs is 1. The van der Waals surface area contributed by atoms with Crippen LogP contribution in [0.3, 0.4) is 0 Å². The summed E-state index contributed by atoms with van der Waals surface area (Å²) in [5, 5.41) is 13.0. The summed E-state index contributed by atoms with van der Waals surface area (Å²) in [5.41, 5.74) is 4.07. The predicted octanol–water partition coefficient (Wildman–Crippen LogP) is 4.38. The number of ether oxygens (including phenoxy) is 1. The first kappa shape index (κ1) is 17.5. The van der Waals surface area contributed by atoms with E-state index in [0.29, 0.717) is 22.2 Å². The number of hydrogen-bond acceptors (Lipinski definition) is 4. The van der Waals surface area contributed by atoms with Crippen LogP contribution >= 0.6 is 11.3 Å². The number of rotatable bonds is 4. The Hall–Kier alpha value is -2.32. The van der Waals surface area contributed by atoms with Crippen molar-refractivity contribution in [1.29, 1.82) is 5.26 Å². The van der Waals surface area contributed by atoms with Gasteiger partial charge in [0.05, 0.1) is 5.56 Å². The Morgan fingerprint density at radius 3 is 2.92 bits per heavy atom. The van der Waals surface area contributed by atoms with Gasteiger partial charge in [-0.25, -0.2) is 0 Å². The molecule has 1 N–H and O–H groups in total. The summed E-state index contributed by atoms with van der Waals surface area (Å²) < 4.78 is 5.58. The molecule has 0 aliphatic heterocycles. The zero-order valence-corrected chi connectivity index (χ0v) is 15.6. The second kappa shape index (κ2) is 7.28. The molecule has 130 valence electrons. The second-order valence-corrected chi connectivity index (χ2v) is 7.86. The van der Waals surface area contributed by atoms with Crippen LogP contribution in [0.1, 0.15) is 40.5 Å². The lowest BCUT2D eigenvalue weighted by molar-refractivity contribution is -0.118. The molecular formula is C20H22N2O2S. The molecule has 0 bridgehead atoms. The molecule has 3 rings (SSSR count). The van der Waals surface area contributed by atoms with Crippen molar-refractivity contribution in [3.63, 3.8) is 0 Å². The number of nitriles is 1. The molecule has 1 aliphatic carbocycles. The van der Waals surface area contributed by atoms with Gasteiger partial charge in [-0.15, -0.1) is 11.3 Å². The summed E-state index contributed by atoms with van der Waals surface area (Å²) >= 11 is 1.53. The predicted molar refractivity (Wildman–Crippen MR) is 100 cm³/mol. The number of nitrogens with one attached hydrogen (secondary N) is 1. The summed E-state index contributed by atoms with van der Waals surface area (Å²) in [5.74, 6) is 1.08. The van der Waals surface area contributed by atoms with Crippen molar-refractivity contribution in [3.05, 3.63) is 45.3 Å². The van der Waals surface area contributed by atoms with E-state index in [1.807, 2.05) is 32.0 Å². The smallest absolute Gasteiger partial charge is 0.262 e. The van der Waals surface area contributed by atoms with Crippen LogP contribution in [-0.2, 0) is 17.6 Å². The van der Waals surface area contributed by atoms with Crippen LogP contribution in [0, 0.1) is 31.1 Å². The van der Waals surface area contributed by atoms with Gasteiger partial charge in [-0.1, -0.05) is 13.0 Å². The maximum absolute atomic E-state index is 12.2. The molecule has 0 saturated heterocycles.